The van der Waals surface area contributed by atoms with E-state index in [2.05, 4.69) is 56.8 Å². The molecule has 136 valence electrons. The first-order valence-electron chi connectivity index (χ1n) is 8.72. The molecular formula is C20H29N2O2S+. The van der Waals surface area contributed by atoms with Crippen LogP contribution in [-0.2, 0) is 4.79 Å². The average Bonchev–Trinajstić information content (AvgIpc) is 3.06. The number of quaternary nitrogens is 1. The molecule has 0 fully saturated rings. The first-order chi connectivity index (χ1) is 11.9. The highest BCUT2D eigenvalue weighted by atomic mass is 32.1. The Hall–Kier alpha value is -1.85. The largest absolute Gasteiger partial charge is 0.483 e. The summed E-state index contributed by atoms with van der Waals surface area (Å²) >= 11 is 1.72. The fraction of sp³-hybridized carbons (Fsp3) is 0.450. The number of carbonyl (C=O) groups excluding carboxylic acids is 1. The van der Waals surface area contributed by atoms with Crippen molar-refractivity contribution in [2.45, 2.75) is 32.7 Å². The molecule has 0 bridgehead atoms. The lowest BCUT2D eigenvalue weighted by Crippen LogP contribution is -3.06. The van der Waals surface area contributed by atoms with Gasteiger partial charge >= 0.3 is 0 Å². The summed E-state index contributed by atoms with van der Waals surface area (Å²) in [5, 5.41) is 5.08. The average molecular weight is 362 g/mol. The van der Waals surface area contributed by atoms with E-state index in [-0.39, 0.29) is 18.6 Å². The zero-order chi connectivity index (χ0) is 18.4. The number of aryl methyl sites for hydroxylation is 1. The Morgan fingerprint density at radius 1 is 1.28 bits per heavy atom. The van der Waals surface area contributed by atoms with E-state index < -0.39 is 0 Å². The molecule has 2 rings (SSSR count). The predicted octanol–water partition coefficient (Wildman–Crippen LogP) is 2.56. The van der Waals surface area contributed by atoms with Crippen LogP contribution in [0.3, 0.4) is 0 Å². The maximum atomic E-state index is 12.2. The van der Waals surface area contributed by atoms with E-state index in [0.29, 0.717) is 12.5 Å². The number of rotatable bonds is 8. The van der Waals surface area contributed by atoms with Gasteiger partial charge in [-0.05, 0) is 41.5 Å². The van der Waals surface area contributed by atoms with Crippen molar-refractivity contribution < 1.29 is 14.4 Å². The van der Waals surface area contributed by atoms with Gasteiger partial charge in [-0.25, -0.2) is 0 Å². The Bertz CT molecular complexity index is 681. The van der Waals surface area contributed by atoms with Crippen LogP contribution in [0, 0.1) is 6.92 Å². The molecule has 1 heterocycles. The fourth-order valence-electron chi connectivity index (χ4n) is 2.73. The third-order valence-corrected chi connectivity index (χ3v) is 5.22. The normalized spacial score (nSPS) is 12.4. The van der Waals surface area contributed by atoms with Crippen molar-refractivity contribution in [1.82, 2.24) is 5.32 Å². The molecule has 1 amide bonds. The van der Waals surface area contributed by atoms with Gasteiger partial charge in [0.05, 0.1) is 25.5 Å². The highest BCUT2D eigenvalue weighted by molar-refractivity contribution is 7.10. The first kappa shape index (κ1) is 19.5. The summed E-state index contributed by atoms with van der Waals surface area (Å²) in [6.07, 6.45) is 0. The van der Waals surface area contributed by atoms with Crippen molar-refractivity contribution in [2.24, 2.45) is 0 Å². The van der Waals surface area contributed by atoms with Crippen LogP contribution in [0.1, 0.15) is 41.8 Å². The van der Waals surface area contributed by atoms with Crippen molar-refractivity contribution >= 4 is 17.2 Å². The number of thiophene rings is 1. The van der Waals surface area contributed by atoms with Gasteiger partial charge in [-0.1, -0.05) is 32.0 Å². The summed E-state index contributed by atoms with van der Waals surface area (Å²) in [5.41, 5.74) is 2.27. The molecule has 0 radical (unpaired) electrons. The van der Waals surface area contributed by atoms with Gasteiger partial charge in [-0.15, -0.1) is 11.3 Å². The van der Waals surface area contributed by atoms with E-state index in [1.165, 1.54) is 9.78 Å². The number of ether oxygens (including phenoxy) is 1. The monoisotopic (exact) mass is 361 g/mol. The molecule has 25 heavy (non-hydrogen) atoms. The number of likely N-dealkylation sites (N-methyl/N-ethyl adjacent to an activating group) is 1. The van der Waals surface area contributed by atoms with Crippen LogP contribution in [0.25, 0.3) is 0 Å². The van der Waals surface area contributed by atoms with Crippen molar-refractivity contribution in [3.8, 4) is 5.75 Å². The predicted molar refractivity (Wildman–Crippen MR) is 104 cm³/mol. The standard InChI is InChI=1S/C20H28N2O2S/c1-14(2)16-9-8-15(3)11-18(16)24-13-20(23)21-12-17(22(4)5)19-7-6-10-25-19/h6-11,14,17H,12-13H2,1-5H3,(H,21,23)/p+1/t17-/m0/s1. The molecule has 4 nitrogen and oxygen atoms in total. The molecule has 1 aromatic heterocycles. The lowest BCUT2D eigenvalue weighted by Gasteiger charge is -2.21. The fourth-order valence-corrected chi connectivity index (χ4v) is 3.69. The van der Waals surface area contributed by atoms with Gasteiger partial charge in [0.25, 0.3) is 5.91 Å². The van der Waals surface area contributed by atoms with E-state index in [1.54, 1.807) is 11.3 Å². The molecule has 0 saturated carbocycles. The maximum absolute atomic E-state index is 12.2. The van der Waals surface area contributed by atoms with Crippen LogP contribution in [0.5, 0.6) is 5.75 Å². The van der Waals surface area contributed by atoms with E-state index in [9.17, 15) is 4.79 Å². The van der Waals surface area contributed by atoms with Crippen LogP contribution < -0.4 is 15.0 Å². The van der Waals surface area contributed by atoms with Crippen molar-refractivity contribution in [3.05, 3.63) is 51.7 Å². The van der Waals surface area contributed by atoms with E-state index >= 15 is 0 Å². The van der Waals surface area contributed by atoms with Crippen molar-refractivity contribution in [3.63, 3.8) is 0 Å². The van der Waals surface area contributed by atoms with E-state index in [1.807, 2.05) is 19.1 Å². The van der Waals surface area contributed by atoms with Crippen molar-refractivity contribution in [2.75, 3.05) is 27.2 Å². The number of carbonyl (C=O) groups is 1. The topological polar surface area (TPSA) is 42.8 Å². The number of benzene rings is 1. The quantitative estimate of drug-likeness (QED) is 0.759. The Morgan fingerprint density at radius 3 is 2.64 bits per heavy atom. The van der Waals surface area contributed by atoms with Crippen LogP contribution in [0.2, 0.25) is 0 Å². The molecule has 0 unspecified atom stereocenters. The van der Waals surface area contributed by atoms with Gasteiger partial charge in [0.15, 0.2) is 6.61 Å². The zero-order valence-corrected chi connectivity index (χ0v) is 16.6. The van der Waals surface area contributed by atoms with Crippen LogP contribution in [0.4, 0.5) is 0 Å². The summed E-state index contributed by atoms with van der Waals surface area (Å²) in [4.78, 5) is 14.8. The Morgan fingerprint density at radius 2 is 2.04 bits per heavy atom. The van der Waals surface area contributed by atoms with Crippen LogP contribution in [0.15, 0.2) is 35.7 Å². The molecule has 2 N–H and O–H groups in total. The number of amides is 1. The van der Waals surface area contributed by atoms with E-state index in [4.69, 9.17) is 4.74 Å². The van der Waals surface area contributed by atoms with Crippen LogP contribution >= 0.6 is 11.3 Å². The van der Waals surface area contributed by atoms with Gasteiger partial charge in [-0.2, -0.15) is 0 Å². The summed E-state index contributed by atoms with van der Waals surface area (Å²) in [5.74, 6) is 1.08. The second-order valence-electron chi connectivity index (χ2n) is 6.93. The second-order valence-corrected chi connectivity index (χ2v) is 7.91. The summed E-state index contributed by atoms with van der Waals surface area (Å²) in [6.45, 7) is 6.94. The second kappa shape index (κ2) is 9.02. The van der Waals surface area contributed by atoms with Gasteiger partial charge in [0.1, 0.15) is 11.8 Å². The summed E-state index contributed by atoms with van der Waals surface area (Å²) < 4.78 is 5.81. The van der Waals surface area contributed by atoms with E-state index in [0.717, 1.165) is 16.9 Å². The third-order valence-electron chi connectivity index (χ3n) is 4.24. The van der Waals surface area contributed by atoms with Gasteiger partial charge in [0.2, 0.25) is 0 Å². The lowest BCUT2D eigenvalue weighted by molar-refractivity contribution is -0.890. The molecular weight excluding hydrogens is 332 g/mol. The van der Waals surface area contributed by atoms with Gasteiger partial charge in [0, 0.05) is 0 Å². The molecule has 0 spiro atoms. The SMILES string of the molecule is Cc1ccc(C(C)C)c(OCC(=O)NC[C@@H](c2cccs2)[NH+](C)C)c1. The number of hydrogen-bond donors (Lipinski definition) is 2. The van der Waals surface area contributed by atoms with Crippen LogP contribution in [-0.4, -0.2) is 33.2 Å². The zero-order valence-electron chi connectivity index (χ0n) is 15.8. The highest BCUT2D eigenvalue weighted by Gasteiger charge is 2.20. The molecule has 0 aliphatic rings. The third kappa shape index (κ3) is 5.58. The minimum atomic E-state index is -0.0842. The Labute approximate surface area is 154 Å². The minimum absolute atomic E-state index is 0.0447. The molecule has 5 heteroatoms. The Kier molecular flexibility index (Phi) is 7.02. The molecule has 0 saturated heterocycles. The summed E-state index contributed by atoms with van der Waals surface area (Å²) in [6, 6.07) is 10.6. The molecule has 0 aliphatic heterocycles. The Balaban J connectivity index is 1.92. The van der Waals surface area contributed by atoms with Gasteiger partial charge in [-0.3, -0.25) is 4.79 Å². The van der Waals surface area contributed by atoms with Gasteiger partial charge < -0.3 is 15.0 Å². The number of hydrogen-bond acceptors (Lipinski definition) is 3. The molecule has 1 atom stereocenters. The smallest absolute Gasteiger partial charge is 0.258 e. The van der Waals surface area contributed by atoms with Crippen molar-refractivity contribution in [1.29, 1.82) is 0 Å². The lowest BCUT2D eigenvalue weighted by atomic mass is 10.0. The molecule has 2 aromatic rings. The molecule has 1 aromatic carbocycles. The first-order valence-corrected chi connectivity index (χ1v) is 9.60. The highest BCUT2D eigenvalue weighted by Crippen LogP contribution is 2.27. The summed E-state index contributed by atoms with van der Waals surface area (Å²) in [7, 11) is 4.21. The molecule has 0 aliphatic carbocycles. The minimum Gasteiger partial charge on any atom is -0.483 e. The number of nitrogens with one attached hydrogen (secondary N) is 2. The maximum Gasteiger partial charge on any atom is 0.258 e.